The molecular weight excluding hydrogens is 626 g/mol. The number of hydrogen-bond donors (Lipinski definition) is 5. The number of ether oxygens (including phenoxy) is 2. The van der Waals surface area contributed by atoms with E-state index in [1.165, 1.54) is 6.92 Å². The Morgan fingerprint density at radius 3 is 1.94 bits per heavy atom. The fourth-order valence-corrected chi connectivity index (χ4v) is 5.59. The van der Waals surface area contributed by atoms with Crippen LogP contribution in [-0.4, -0.2) is 61.1 Å². The van der Waals surface area contributed by atoms with E-state index in [-0.39, 0.29) is 42.0 Å². The van der Waals surface area contributed by atoms with Gasteiger partial charge in [-0.05, 0) is 74.5 Å². The maximum atomic E-state index is 13.4. The van der Waals surface area contributed by atoms with Crippen molar-refractivity contribution in [2.45, 2.75) is 127 Å². The van der Waals surface area contributed by atoms with Gasteiger partial charge in [0, 0.05) is 31.2 Å². The minimum Gasteiger partial charge on any atom is -0.461 e. The average Bonchev–Trinajstić information content (AvgIpc) is 2.95. The molecule has 0 aliphatic carbocycles. The molecule has 0 bridgehead atoms. The van der Waals surface area contributed by atoms with Crippen molar-refractivity contribution in [3.8, 4) is 0 Å². The highest BCUT2D eigenvalue weighted by Crippen LogP contribution is 2.40. The molecule has 0 radical (unpaired) electrons. The summed E-state index contributed by atoms with van der Waals surface area (Å²) < 4.78 is 11.1. The first kappa shape index (κ1) is 45.3. The summed E-state index contributed by atoms with van der Waals surface area (Å²) in [6.07, 6.45) is 3.33. The molecule has 0 aromatic heterocycles. The van der Waals surface area contributed by atoms with Crippen LogP contribution >= 0.6 is 0 Å². The smallest absolute Gasteiger partial charge is 0.312 e. The summed E-state index contributed by atoms with van der Waals surface area (Å²) in [5.41, 5.74) is 4.83. The van der Waals surface area contributed by atoms with Crippen LogP contribution in [0, 0.1) is 22.7 Å². The first-order chi connectivity index (χ1) is 22.5. The number of hydrogen-bond acceptors (Lipinski definition) is 7. The number of esters is 1. The minimum absolute atomic E-state index is 0.154. The molecule has 0 spiro atoms. The van der Waals surface area contributed by atoms with Crippen molar-refractivity contribution < 1.29 is 33.4 Å². The lowest BCUT2D eigenvalue weighted by molar-refractivity contribution is -0.142. The summed E-state index contributed by atoms with van der Waals surface area (Å²) in [5.74, 6) is -0.992. The van der Waals surface area contributed by atoms with E-state index in [1.54, 1.807) is 24.3 Å². The Bertz CT molecular complexity index is 1190. The zero-order chi connectivity index (χ0) is 38.0. The van der Waals surface area contributed by atoms with Crippen molar-refractivity contribution in [1.29, 1.82) is 0 Å². The van der Waals surface area contributed by atoms with E-state index >= 15 is 0 Å². The Labute approximate surface area is 294 Å². The molecule has 1 aromatic rings. The van der Waals surface area contributed by atoms with Gasteiger partial charge in [-0.2, -0.15) is 0 Å². The molecule has 6 N–H and O–H groups in total. The van der Waals surface area contributed by atoms with E-state index in [0.29, 0.717) is 31.2 Å². The highest BCUT2D eigenvalue weighted by Gasteiger charge is 2.39. The molecule has 1 atom stereocenters. The molecule has 5 amide bonds. The van der Waals surface area contributed by atoms with Gasteiger partial charge in [-0.1, -0.05) is 74.4 Å². The van der Waals surface area contributed by atoms with E-state index < -0.39 is 29.3 Å². The van der Waals surface area contributed by atoms with E-state index in [0.717, 1.165) is 24.8 Å². The summed E-state index contributed by atoms with van der Waals surface area (Å²) in [6, 6.07) is 5.64. The van der Waals surface area contributed by atoms with Gasteiger partial charge >= 0.3 is 12.0 Å². The van der Waals surface area contributed by atoms with Crippen LogP contribution in [0.25, 0.3) is 0 Å². The highest BCUT2D eigenvalue weighted by molar-refractivity contribution is 5.96. The molecule has 1 unspecified atom stereocenters. The second kappa shape index (κ2) is 21.4. The van der Waals surface area contributed by atoms with E-state index in [1.807, 2.05) is 34.6 Å². The van der Waals surface area contributed by atoms with Crippen molar-refractivity contribution in [1.82, 2.24) is 16.0 Å². The van der Waals surface area contributed by atoms with Crippen LogP contribution in [0.2, 0.25) is 0 Å². The third-order valence-electron chi connectivity index (χ3n) is 7.52. The molecule has 1 aromatic carbocycles. The average molecular weight is 692 g/mol. The Kier molecular flexibility index (Phi) is 19.8. The van der Waals surface area contributed by atoms with Gasteiger partial charge < -0.3 is 36.5 Å². The predicted molar refractivity (Wildman–Crippen MR) is 194 cm³/mol. The minimum atomic E-state index is -0.788. The van der Waals surface area contributed by atoms with Gasteiger partial charge in [-0.25, -0.2) is 4.79 Å². The summed E-state index contributed by atoms with van der Waals surface area (Å²) in [5, 5.41) is 10.8. The van der Waals surface area contributed by atoms with Crippen LogP contribution in [0.1, 0.15) is 114 Å². The molecule has 12 heteroatoms. The molecule has 49 heavy (non-hydrogen) atoms. The van der Waals surface area contributed by atoms with Crippen LogP contribution in [-0.2, 0) is 35.3 Å². The Morgan fingerprint density at radius 2 is 1.47 bits per heavy atom. The number of carbonyl (C=O) groups excluding carboxylic acids is 5. The summed E-state index contributed by atoms with van der Waals surface area (Å²) >= 11 is 0. The van der Waals surface area contributed by atoms with Crippen molar-refractivity contribution in [3.05, 3.63) is 29.8 Å². The first-order valence-electron chi connectivity index (χ1n) is 17.3. The Hall–Kier alpha value is -3.67. The lowest BCUT2D eigenvalue weighted by Crippen LogP contribution is -2.54. The van der Waals surface area contributed by atoms with Crippen molar-refractivity contribution in [2.24, 2.45) is 28.4 Å². The summed E-state index contributed by atoms with van der Waals surface area (Å²) in [6.45, 7) is 25.0. The fraction of sp³-hybridized carbons (Fsp3) is 0.703. The zero-order valence-corrected chi connectivity index (χ0v) is 32.1. The standard InChI is InChI=1S/C33H55N3O6.C4H10N2O/c1-22(2)16-17-42-33(10,11)21-31(6,7)20-32(8,9)30(40)36-28(23(3)4)29(39)34-18-27(38)35-26-14-12-25(13-15-26)19-41-24(5)37;1-2-3-6-4(5)7/h12-15,22-23,28H,16-21H2,1-11H3,(H,34,39)(H,35,38)(H,36,40);2-3H2,1H3,(H3,5,6,7). The quantitative estimate of drug-likeness (QED) is 0.116. The van der Waals surface area contributed by atoms with E-state index in [9.17, 15) is 24.0 Å². The largest absolute Gasteiger partial charge is 0.461 e. The second-order valence-corrected chi connectivity index (χ2v) is 15.4. The van der Waals surface area contributed by atoms with Gasteiger partial charge in [-0.15, -0.1) is 0 Å². The molecular formula is C37H65N5O7. The zero-order valence-electron chi connectivity index (χ0n) is 32.1. The SMILES string of the molecule is CC(=O)OCc1ccc(NC(=O)CNC(=O)C(NC(=O)C(C)(C)CC(C)(C)CC(C)(C)OCCC(C)C)C(C)C)cc1.CCCNC(N)=O. The number of carbonyl (C=O) groups is 5. The molecule has 280 valence electrons. The topological polar surface area (TPSA) is 178 Å². The van der Waals surface area contributed by atoms with Crippen molar-refractivity contribution in [2.75, 3.05) is 25.0 Å². The number of rotatable bonds is 19. The number of urea groups is 1. The number of primary amides is 1. The third-order valence-corrected chi connectivity index (χ3v) is 7.52. The van der Waals surface area contributed by atoms with Gasteiger partial charge in [0.25, 0.3) is 0 Å². The predicted octanol–water partition coefficient (Wildman–Crippen LogP) is 5.68. The lowest BCUT2D eigenvalue weighted by Gasteiger charge is -2.40. The van der Waals surface area contributed by atoms with Gasteiger partial charge in [0.1, 0.15) is 12.6 Å². The Balaban J connectivity index is 0.00000295. The van der Waals surface area contributed by atoms with Gasteiger partial charge in [0.15, 0.2) is 0 Å². The molecule has 0 fully saturated rings. The van der Waals surface area contributed by atoms with Crippen LogP contribution in [0.3, 0.4) is 0 Å². The number of amides is 5. The van der Waals surface area contributed by atoms with Crippen LogP contribution in [0.5, 0.6) is 0 Å². The maximum absolute atomic E-state index is 13.4. The van der Waals surface area contributed by atoms with E-state index in [2.05, 4.69) is 62.8 Å². The second-order valence-electron chi connectivity index (χ2n) is 15.4. The first-order valence-corrected chi connectivity index (χ1v) is 17.3. The highest BCUT2D eigenvalue weighted by atomic mass is 16.5. The number of benzene rings is 1. The van der Waals surface area contributed by atoms with Crippen LogP contribution in [0.15, 0.2) is 24.3 Å². The van der Waals surface area contributed by atoms with E-state index in [4.69, 9.17) is 15.2 Å². The fourth-order valence-electron chi connectivity index (χ4n) is 5.59. The summed E-state index contributed by atoms with van der Waals surface area (Å²) in [4.78, 5) is 59.8. The molecule has 12 nitrogen and oxygen atoms in total. The maximum Gasteiger partial charge on any atom is 0.312 e. The molecule has 0 aliphatic heterocycles. The van der Waals surface area contributed by atoms with Crippen LogP contribution < -0.4 is 27.0 Å². The molecule has 0 aliphatic rings. The Morgan fingerprint density at radius 1 is 0.878 bits per heavy atom. The van der Waals surface area contributed by atoms with Crippen molar-refractivity contribution in [3.63, 3.8) is 0 Å². The normalized spacial score (nSPS) is 12.4. The lowest BCUT2D eigenvalue weighted by atomic mass is 9.70. The monoisotopic (exact) mass is 691 g/mol. The van der Waals surface area contributed by atoms with Crippen LogP contribution in [0.4, 0.5) is 10.5 Å². The molecule has 0 saturated heterocycles. The summed E-state index contributed by atoms with van der Waals surface area (Å²) in [7, 11) is 0. The van der Waals surface area contributed by atoms with Gasteiger partial charge in [0.05, 0.1) is 12.1 Å². The third kappa shape index (κ3) is 21.1. The van der Waals surface area contributed by atoms with Crippen molar-refractivity contribution >= 4 is 35.4 Å². The molecule has 0 heterocycles. The van der Waals surface area contributed by atoms with Gasteiger partial charge in [0.2, 0.25) is 17.7 Å². The van der Waals surface area contributed by atoms with Gasteiger partial charge in [-0.3, -0.25) is 19.2 Å². The molecule has 0 saturated carbocycles. The molecule has 1 rings (SSSR count). The number of nitrogens with two attached hydrogens (primary N) is 1. The number of nitrogens with one attached hydrogen (secondary N) is 4. The number of anilines is 1.